The second-order valence-electron chi connectivity index (χ2n) is 5.49. The fourth-order valence-electron chi connectivity index (χ4n) is 2.12. The number of hydrogen-bond donors (Lipinski definition) is 3. The maximum Gasteiger partial charge on any atom is 0.224 e. The number of carbonyl (C=O) groups excluding carboxylic acids is 1. The van der Waals surface area contributed by atoms with Crippen molar-refractivity contribution in [2.24, 2.45) is 5.92 Å². The van der Waals surface area contributed by atoms with Crippen LogP contribution in [0.2, 0.25) is 0 Å². The fourth-order valence-corrected chi connectivity index (χ4v) is 2.12. The topological polar surface area (TPSA) is 69.6 Å². The van der Waals surface area contributed by atoms with Crippen LogP contribution in [0.3, 0.4) is 0 Å². The van der Waals surface area contributed by atoms with Crippen LogP contribution in [0.5, 0.6) is 0 Å². The third-order valence-corrected chi connectivity index (χ3v) is 3.62. The van der Waals surface area contributed by atoms with E-state index in [-0.39, 0.29) is 31.0 Å². The third kappa shape index (κ3) is 2.96. The highest BCUT2D eigenvalue weighted by atomic mass is 19.2. The minimum absolute atomic E-state index is 0.147. The second-order valence-corrected chi connectivity index (χ2v) is 5.49. The molecule has 0 heterocycles. The van der Waals surface area contributed by atoms with Crippen LogP contribution in [0.1, 0.15) is 24.8 Å². The first-order valence-electron chi connectivity index (χ1n) is 6.39. The van der Waals surface area contributed by atoms with E-state index in [1.807, 2.05) is 0 Å². The van der Waals surface area contributed by atoms with E-state index in [4.69, 9.17) is 10.2 Å². The van der Waals surface area contributed by atoms with Crippen molar-refractivity contribution in [3.05, 3.63) is 35.4 Å². The van der Waals surface area contributed by atoms with E-state index in [2.05, 4.69) is 5.32 Å². The first-order valence-corrected chi connectivity index (χ1v) is 6.39. The molecule has 0 unspecified atom stereocenters. The molecule has 0 spiro atoms. The van der Waals surface area contributed by atoms with E-state index >= 15 is 0 Å². The zero-order valence-electron chi connectivity index (χ0n) is 11.1. The average molecular weight is 285 g/mol. The van der Waals surface area contributed by atoms with Crippen molar-refractivity contribution in [1.82, 2.24) is 5.32 Å². The van der Waals surface area contributed by atoms with E-state index in [9.17, 15) is 13.6 Å². The predicted molar refractivity (Wildman–Crippen MR) is 67.9 cm³/mol. The molecule has 0 saturated heterocycles. The zero-order chi connectivity index (χ0) is 14.9. The van der Waals surface area contributed by atoms with Gasteiger partial charge in [-0.25, -0.2) is 8.78 Å². The quantitative estimate of drug-likeness (QED) is 0.754. The van der Waals surface area contributed by atoms with Crippen molar-refractivity contribution >= 4 is 5.91 Å². The van der Waals surface area contributed by atoms with Crippen molar-refractivity contribution < 1.29 is 23.8 Å². The molecule has 1 saturated carbocycles. The van der Waals surface area contributed by atoms with Gasteiger partial charge in [-0.05, 0) is 37.0 Å². The highest BCUT2D eigenvalue weighted by Crippen LogP contribution is 2.47. The van der Waals surface area contributed by atoms with Gasteiger partial charge < -0.3 is 15.5 Å². The average Bonchev–Trinajstić information content (AvgIpc) is 3.22. The molecule has 20 heavy (non-hydrogen) atoms. The van der Waals surface area contributed by atoms with Gasteiger partial charge in [0.2, 0.25) is 5.91 Å². The maximum atomic E-state index is 13.1. The Balaban J connectivity index is 2.00. The Kier molecular flexibility index (Phi) is 4.06. The van der Waals surface area contributed by atoms with Crippen LogP contribution in [0.4, 0.5) is 8.78 Å². The van der Waals surface area contributed by atoms with Crippen molar-refractivity contribution in [3.8, 4) is 0 Å². The van der Waals surface area contributed by atoms with Crippen LogP contribution in [-0.4, -0.2) is 34.9 Å². The summed E-state index contributed by atoms with van der Waals surface area (Å²) < 4.78 is 26.0. The molecule has 6 heteroatoms. The summed E-state index contributed by atoms with van der Waals surface area (Å²) in [5.74, 6) is -2.62. The SMILES string of the molecule is CC(CO)(CO)NC(=O)[C@@H]1C[C@H]1c1ccc(F)c(F)c1. The lowest BCUT2D eigenvalue weighted by Crippen LogP contribution is -2.52. The molecule has 0 aliphatic heterocycles. The summed E-state index contributed by atoms with van der Waals surface area (Å²) in [6.45, 7) is 0.773. The largest absolute Gasteiger partial charge is 0.394 e. The lowest BCUT2D eigenvalue weighted by molar-refractivity contribution is -0.125. The molecule has 1 amide bonds. The Morgan fingerprint density at radius 1 is 1.35 bits per heavy atom. The first kappa shape index (κ1) is 14.9. The van der Waals surface area contributed by atoms with Crippen LogP contribution in [0, 0.1) is 17.6 Å². The number of carbonyl (C=O) groups is 1. The number of amides is 1. The Labute approximate surface area is 115 Å². The first-order chi connectivity index (χ1) is 9.40. The molecule has 1 aromatic rings. The van der Waals surface area contributed by atoms with E-state index < -0.39 is 17.2 Å². The van der Waals surface area contributed by atoms with Gasteiger partial charge in [-0.2, -0.15) is 0 Å². The van der Waals surface area contributed by atoms with Gasteiger partial charge in [-0.15, -0.1) is 0 Å². The molecule has 2 atom stereocenters. The van der Waals surface area contributed by atoms with Gasteiger partial charge in [0.25, 0.3) is 0 Å². The summed E-state index contributed by atoms with van der Waals surface area (Å²) in [5, 5.41) is 20.8. The second kappa shape index (κ2) is 5.46. The van der Waals surface area contributed by atoms with Gasteiger partial charge in [-0.1, -0.05) is 6.07 Å². The standard InChI is InChI=1S/C14H17F2NO3/c1-14(6-18,7-19)17-13(20)10-5-9(10)8-2-3-11(15)12(16)4-8/h2-4,9-10,18-19H,5-7H2,1H3,(H,17,20)/t9-,10+/m0/s1. The van der Waals surface area contributed by atoms with Gasteiger partial charge >= 0.3 is 0 Å². The van der Waals surface area contributed by atoms with Crippen molar-refractivity contribution in [1.29, 1.82) is 0 Å². The van der Waals surface area contributed by atoms with Crippen LogP contribution >= 0.6 is 0 Å². The molecule has 3 N–H and O–H groups in total. The van der Waals surface area contributed by atoms with Crippen LogP contribution in [0.25, 0.3) is 0 Å². The normalized spacial score (nSPS) is 21.6. The Hall–Kier alpha value is -1.53. The maximum absolute atomic E-state index is 13.1. The summed E-state index contributed by atoms with van der Waals surface area (Å²) in [5.41, 5.74) is -0.489. The summed E-state index contributed by atoms with van der Waals surface area (Å²) in [6.07, 6.45) is 0.545. The Morgan fingerprint density at radius 2 is 2.00 bits per heavy atom. The Bertz CT molecular complexity index is 517. The number of aliphatic hydroxyl groups excluding tert-OH is 2. The molecule has 4 nitrogen and oxygen atoms in total. The van der Waals surface area contributed by atoms with Crippen LogP contribution in [-0.2, 0) is 4.79 Å². The number of nitrogens with one attached hydrogen (secondary N) is 1. The van der Waals surface area contributed by atoms with Crippen LogP contribution in [0.15, 0.2) is 18.2 Å². The van der Waals surface area contributed by atoms with E-state index in [0.717, 1.165) is 12.1 Å². The molecule has 110 valence electrons. The molecule has 0 radical (unpaired) electrons. The number of rotatable bonds is 5. The molecule has 1 fully saturated rings. The molecule has 0 aromatic heterocycles. The zero-order valence-corrected chi connectivity index (χ0v) is 11.1. The summed E-state index contributed by atoms with van der Waals surface area (Å²) in [6, 6.07) is 3.61. The fraction of sp³-hybridized carbons (Fsp3) is 0.500. The predicted octanol–water partition coefficient (Wildman–Crippen LogP) is 0.928. The number of aliphatic hydroxyl groups is 2. The minimum Gasteiger partial charge on any atom is -0.394 e. The molecule has 2 rings (SSSR count). The van der Waals surface area contributed by atoms with Crippen molar-refractivity contribution in [2.45, 2.75) is 24.8 Å². The highest BCUT2D eigenvalue weighted by Gasteiger charge is 2.45. The number of hydrogen-bond acceptors (Lipinski definition) is 3. The molecular formula is C14H17F2NO3. The molecule has 0 bridgehead atoms. The van der Waals surface area contributed by atoms with Crippen LogP contribution < -0.4 is 5.32 Å². The van der Waals surface area contributed by atoms with Crippen molar-refractivity contribution in [2.75, 3.05) is 13.2 Å². The van der Waals surface area contributed by atoms with E-state index in [0.29, 0.717) is 12.0 Å². The third-order valence-electron chi connectivity index (χ3n) is 3.62. The summed E-state index contributed by atoms with van der Waals surface area (Å²) >= 11 is 0. The number of benzene rings is 1. The molecule has 1 aliphatic rings. The van der Waals surface area contributed by atoms with Crippen molar-refractivity contribution in [3.63, 3.8) is 0 Å². The van der Waals surface area contributed by atoms with E-state index in [1.165, 1.54) is 13.0 Å². The number of halogens is 2. The Morgan fingerprint density at radius 3 is 2.55 bits per heavy atom. The monoisotopic (exact) mass is 285 g/mol. The van der Waals surface area contributed by atoms with Gasteiger partial charge in [0, 0.05) is 5.92 Å². The van der Waals surface area contributed by atoms with Gasteiger partial charge in [0.05, 0.1) is 18.8 Å². The van der Waals surface area contributed by atoms with Gasteiger partial charge in [-0.3, -0.25) is 4.79 Å². The summed E-state index contributed by atoms with van der Waals surface area (Å²) in [7, 11) is 0. The molecule has 1 aromatic carbocycles. The molecular weight excluding hydrogens is 268 g/mol. The summed E-state index contributed by atoms with van der Waals surface area (Å²) in [4.78, 5) is 12.0. The molecule has 1 aliphatic carbocycles. The highest BCUT2D eigenvalue weighted by molar-refractivity contribution is 5.83. The van der Waals surface area contributed by atoms with E-state index in [1.54, 1.807) is 0 Å². The minimum atomic E-state index is -1.07. The van der Waals surface area contributed by atoms with Gasteiger partial charge in [0.1, 0.15) is 0 Å². The lowest BCUT2D eigenvalue weighted by atomic mass is 10.0. The smallest absolute Gasteiger partial charge is 0.224 e. The van der Waals surface area contributed by atoms with Gasteiger partial charge in [0.15, 0.2) is 11.6 Å². The lowest BCUT2D eigenvalue weighted by Gasteiger charge is -2.26.